The molecule has 0 aliphatic rings. The van der Waals surface area contributed by atoms with Crippen molar-refractivity contribution in [1.29, 1.82) is 0 Å². The van der Waals surface area contributed by atoms with Crippen molar-refractivity contribution in [3.63, 3.8) is 0 Å². The number of nitrogens with zero attached hydrogens (tertiary/aromatic N) is 1. The fraction of sp³-hybridized carbons (Fsp3) is 0.231. The van der Waals surface area contributed by atoms with Crippen molar-refractivity contribution in [1.82, 2.24) is 9.97 Å². The molecule has 0 bridgehead atoms. The molecule has 100 valence electrons. The lowest BCUT2D eigenvalue weighted by molar-refractivity contribution is 0.628. The van der Waals surface area contributed by atoms with E-state index in [1.807, 2.05) is 6.92 Å². The maximum absolute atomic E-state index is 13.0. The lowest BCUT2D eigenvalue weighted by atomic mass is 10.1. The van der Waals surface area contributed by atoms with Crippen molar-refractivity contribution in [2.45, 2.75) is 19.8 Å². The molecule has 0 fully saturated rings. The molecule has 4 nitrogen and oxygen atoms in total. The molecule has 0 unspecified atom stereocenters. The molecule has 1 heterocycles. The predicted molar refractivity (Wildman–Crippen MR) is 73.7 cm³/mol. The van der Waals surface area contributed by atoms with Crippen molar-refractivity contribution in [3.8, 4) is 11.4 Å². The van der Waals surface area contributed by atoms with Crippen molar-refractivity contribution in [2.75, 3.05) is 5.73 Å². The van der Waals surface area contributed by atoms with Crippen LogP contribution in [0.5, 0.6) is 0 Å². The summed E-state index contributed by atoms with van der Waals surface area (Å²) in [5.41, 5.74) is 6.39. The van der Waals surface area contributed by atoms with E-state index in [0.29, 0.717) is 17.5 Å². The van der Waals surface area contributed by atoms with Crippen LogP contribution in [0, 0.1) is 5.82 Å². The van der Waals surface area contributed by atoms with Crippen LogP contribution in [0.1, 0.15) is 18.9 Å². The zero-order valence-electron chi connectivity index (χ0n) is 10.3. The van der Waals surface area contributed by atoms with Gasteiger partial charge in [-0.3, -0.25) is 4.79 Å². The topological polar surface area (TPSA) is 71.8 Å². The average molecular weight is 282 g/mol. The van der Waals surface area contributed by atoms with Crippen molar-refractivity contribution in [2.24, 2.45) is 0 Å². The SMILES string of the molecule is CCCc1c(N)nc(-c2ccc(F)cc2Cl)[nH]c1=O. The second-order valence-electron chi connectivity index (χ2n) is 4.15. The van der Waals surface area contributed by atoms with Gasteiger partial charge in [0.2, 0.25) is 0 Å². The van der Waals surface area contributed by atoms with Gasteiger partial charge in [0.05, 0.1) is 10.6 Å². The van der Waals surface area contributed by atoms with Crippen LogP contribution in [-0.4, -0.2) is 9.97 Å². The number of rotatable bonds is 3. The highest BCUT2D eigenvalue weighted by Crippen LogP contribution is 2.26. The summed E-state index contributed by atoms with van der Waals surface area (Å²) in [5, 5.41) is 0.172. The first-order chi connectivity index (χ1) is 9.02. The molecular formula is C13H13ClFN3O. The van der Waals surface area contributed by atoms with Gasteiger partial charge in [0.1, 0.15) is 17.5 Å². The summed E-state index contributed by atoms with van der Waals surface area (Å²) in [6, 6.07) is 3.86. The summed E-state index contributed by atoms with van der Waals surface area (Å²) < 4.78 is 13.0. The highest BCUT2D eigenvalue weighted by atomic mass is 35.5. The fourth-order valence-electron chi connectivity index (χ4n) is 1.82. The number of anilines is 1. The minimum Gasteiger partial charge on any atom is -0.383 e. The Bertz CT molecular complexity index is 669. The maximum atomic E-state index is 13.0. The van der Waals surface area contributed by atoms with Gasteiger partial charge in [-0.25, -0.2) is 9.37 Å². The number of hydrogen-bond donors (Lipinski definition) is 2. The zero-order valence-corrected chi connectivity index (χ0v) is 11.1. The standard InChI is InChI=1S/C13H13ClFN3O/c1-2-3-9-11(16)17-12(18-13(9)19)8-5-4-7(15)6-10(8)14/h4-6H,2-3H2,1H3,(H3,16,17,18,19). The highest BCUT2D eigenvalue weighted by molar-refractivity contribution is 6.33. The average Bonchev–Trinajstić information content (AvgIpc) is 2.33. The quantitative estimate of drug-likeness (QED) is 0.909. The number of benzene rings is 1. The van der Waals surface area contributed by atoms with Crippen LogP contribution in [-0.2, 0) is 6.42 Å². The minimum absolute atomic E-state index is 0.172. The molecular weight excluding hydrogens is 269 g/mol. The van der Waals surface area contributed by atoms with Crippen LogP contribution in [0.4, 0.5) is 10.2 Å². The summed E-state index contributed by atoms with van der Waals surface area (Å²) >= 11 is 5.93. The third-order valence-electron chi connectivity index (χ3n) is 2.73. The number of aromatic nitrogens is 2. The molecule has 2 rings (SSSR count). The van der Waals surface area contributed by atoms with E-state index in [2.05, 4.69) is 9.97 Å². The van der Waals surface area contributed by atoms with E-state index in [9.17, 15) is 9.18 Å². The van der Waals surface area contributed by atoms with Gasteiger partial charge in [-0.05, 0) is 24.6 Å². The summed E-state index contributed by atoms with van der Waals surface area (Å²) in [5.74, 6) is -0.0278. The van der Waals surface area contributed by atoms with E-state index < -0.39 is 5.82 Å². The number of aromatic amines is 1. The molecule has 0 spiro atoms. The molecule has 2 aromatic rings. The Labute approximate surface area is 114 Å². The Morgan fingerprint density at radius 2 is 2.21 bits per heavy atom. The molecule has 1 aromatic heterocycles. The zero-order chi connectivity index (χ0) is 14.0. The first kappa shape index (κ1) is 13.5. The van der Waals surface area contributed by atoms with Crippen LogP contribution in [0.25, 0.3) is 11.4 Å². The highest BCUT2D eigenvalue weighted by Gasteiger charge is 2.12. The van der Waals surface area contributed by atoms with E-state index in [0.717, 1.165) is 12.5 Å². The normalized spacial score (nSPS) is 10.7. The fourth-order valence-corrected chi connectivity index (χ4v) is 2.07. The molecule has 19 heavy (non-hydrogen) atoms. The van der Waals surface area contributed by atoms with E-state index in [1.165, 1.54) is 12.1 Å². The Morgan fingerprint density at radius 1 is 1.47 bits per heavy atom. The lowest BCUT2D eigenvalue weighted by Gasteiger charge is -2.07. The summed E-state index contributed by atoms with van der Waals surface area (Å²) in [6.07, 6.45) is 1.36. The molecule has 0 saturated carbocycles. The Kier molecular flexibility index (Phi) is 3.85. The van der Waals surface area contributed by atoms with Crippen LogP contribution in [0.3, 0.4) is 0 Å². The predicted octanol–water partition coefficient (Wildman–Crippen LogP) is 2.76. The monoisotopic (exact) mass is 281 g/mol. The van der Waals surface area contributed by atoms with Crippen LogP contribution >= 0.6 is 11.6 Å². The molecule has 0 radical (unpaired) electrons. The number of H-pyrrole nitrogens is 1. The second kappa shape index (κ2) is 5.40. The molecule has 1 aromatic carbocycles. The van der Waals surface area contributed by atoms with Gasteiger partial charge in [0, 0.05) is 5.56 Å². The smallest absolute Gasteiger partial charge is 0.256 e. The molecule has 3 N–H and O–H groups in total. The Hall–Kier alpha value is -1.88. The molecule has 0 amide bonds. The number of hydrogen-bond acceptors (Lipinski definition) is 3. The maximum Gasteiger partial charge on any atom is 0.256 e. The van der Waals surface area contributed by atoms with Crippen molar-refractivity contribution < 1.29 is 4.39 Å². The van der Waals surface area contributed by atoms with E-state index in [4.69, 9.17) is 17.3 Å². The Balaban J connectivity index is 2.55. The Morgan fingerprint density at radius 3 is 2.79 bits per heavy atom. The van der Waals surface area contributed by atoms with Gasteiger partial charge in [-0.15, -0.1) is 0 Å². The van der Waals surface area contributed by atoms with Gasteiger partial charge in [-0.2, -0.15) is 0 Å². The molecule has 0 aliphatic carbocycles. The van der Waals surface area contributed by atoms with Gasteiger partial charge in [0.25, 0.3) is 5.56 Å². The first-order valence-electron chi connectivity index (χ1n) is 5.87. The van der Waals surface area contributed by atoms with Crippen LogP contribution in [0.2, 0.25) is 5.02 Å². The molecule has 0 aliphatic heterocycles. The molecule has 6 heteroatoms. The third-order valence-corrected chi connectivity index (χ3v) is 3.05. The number of nitrogens with two attached hydrogens (primary N) is 1. The van der Waals surface area contributed by atoms with Crippen molar-refractivity contribution >= 4 is 17.4 Å². The number of nitrogens with one attached hydrogen (secondary N) is 1. The van der Waals surface area contributed by atoms with E-state index >= 15 is 0 Å². The van der Waals surface area contributed by atoms with Gasteiger partial charge < -0.3 is 10.7 Å². The lowest BCUT2D eigenvalue weighted by Crippen LogP contribution is -2.18. The van der Waals surface area contributed by atoms with Gasteiger partial charge in [-0.1, -0.05) is 24.9 Å². The third kappa shape index (κ3) is 2.76. The van der Waals surface area contributed by atoms with E-state index in [1.54, 1.807) is 0 Å². The second-order valence-corrected chi connectivity index (χ2v) is 4.56. The summed E-state index contributed by atoms with van der Waals surface area (Å²) in [7, 11) is 0. The first-order valence-corrected chi connectivity index (χ1v) is 6.24. The van der Waals surface area contributed by atoms with Crippen LogP contribution < -0.4 is 11.3 Å². The molecule has 0 saturated heterocycles. The largest absolute Gasteiger partial charge is 0.383 e. The van der Waals surface area contributed by atoms with Crippen molar-refractivity contribution in [3.05, 3.63) is 45.0 Å². The number of nitrogen functional groups attached to an aromatic ring is 1. The van der Waals surface area contributed by atoms with Gasteiger partial charge in [0.15, 0.2) is 0 Å². The van der Waals surface area contributed by atoms with E-state index in [-0.39, 0.29) is 22.2 Å². The summed E-state index contributed by atoms with van der Waals surface area (Å²) in [4.78, 5) is 18.7. The molecule has 0 atom stereocenters. The van der Waals surface area contributed by atoms with Gasteiger partial charge >= 0.3 is 0 Å². The summed E-state index contributed by atoms with van der Waals surface area (Å²) in [6.45, 7) is 1.95. The van der Waals surface area contributed by atoms with Crippen LogP contribution in [0.15, 0.2) is 23.0 Å². The number of halogens is 2. The minimum atomic E-state index is -0.452.